The predicted molar refractivity (Wildman–Crippen MR) is 43.6 cm³/mol. The average molecular weight is 163 g/mol. The molecular formula is C7H16O2P+. The number of hydrogen-bond acceptors (Lipinski definition) is 2. The summed E-state index contributed by atoms with van der Waals surface area (Å²) in [7, 11) is -1.34. The molecule has 60 valence electrons. The molecule has 1 unspecified atom stereocenters. The third-order valence-corrected chi connectivity index (χ3v) is 2.23. The monoisotopic (exact) mass is 163 g/mol. The van der Waals surface area contributed by atoms with Crippen molar-refractivity contribution in [3.05, 3.63) is 0 Å². The maximum Gasteiger partial charge on any atom is 0.507 e. The average Bonchev–Trinajstić information content (AvgIpc) is 1.98. The molecule has 0 aliphatic rings. The molecule has 0 aliphatic heterocycles. The first kappa shape index (κ1) is 10.1. The molecule has 0 aliphatic carbocycles. The van der Waals surface area contributed by atoms with Crippen LogP contribution in [0.3, 0.4) is 0 Å². The van der Waals surface area contributed by atoms with E-state index < -0.39 is 8.03 Å². The fourth-order valence-electron chi connectivity index (χ4n) is 0.610. The van der Waals surface area contributed by atoms with Gasteiger partial charge in [-0.05, 0) is 17.9 Å². The molecule has 1 atom stereocenters. The van der Waals surface area contributed by atoms with E-state index in [0.717, 1.165) is 6.42 Å². The van der Waals surface area contributed by atoms with Crippen LogP contribution in [-0.2, 0) is 9.09 Å². The van der Waals surface area contributed by atoms with Gasteiger partial charge in [-0.3, -0.25) is 0 Å². The molecule has 0 bridgehead atoms. The Balaban J connectivity index is 2.96. The lowest BCUT2D eigenvalue weighted by Crippen LogP contribution is -1.86. The van der Waals surface area contributed by atoms with Crippen molar-refractivity contribution in [2.75, 3.05) is 12.8 Å². The third kappa shape index (κ3) is 6.18. The predicted octanol–water partition coefficient (Wildman–Crippen LogP) is 2.96. The van der Waals surface area contributed by atoms with Crippen LogP contribution in [0.4, 0.5) is 0 Å². The molecule has 0 amide bonds. The van der Waals surface area contributed by atoms with E-state index in [2.05, 4.69) is 6.92 Å². The van der Waals surface area contributed by atoms with Crippen LogP contribution in [0.15, 0.2) is 0 Å². The molecule has 0 aromatic rings. The first-order valence-electron chi connectivity index (χ1n) is 3.88. The number of hydrogen-bond donors (Lipinski definition) is 0. The Morgan fingerprint density at radius 2 is 2.00 bits per heavy atom. The van der Waals surface area contributed by atoms with E-state index in [9.17, 15) is 4.57 Å². The second kappa shape index (κ2) is 7.17. The number of rotatable bonds is 6. The smallest absolute Gasteiger partial charge is 0.146 e. The molecule has 0 fully saturated rings. The summed E-state index contributed by atoms with van der Waals surface area (Å²) in [6.07, 6.45) is 4.04. The second-order valence-electron chi connectivity index (χ2n) is 2.19. The van der Waals surface area contributed by atoms with E-state index in [4.69, 9.17) is 4.52 Å². The van der Waals surface area contributed by atoms with Gasteiger partial charge in [0.2, 0.25) is 0 Å². The van der Waals surface area contributed by atoms with Crippen LogP contribution in [0, 0.1) is 0 Å². The standard InChI is InChI=1S/C7H16O2P/c1-3-5-6-7-9-10(8)4-2/h3-7H2,1-2H3/q+1. The van der Waals surface area contributed by atoms with Crippen LogP contribution in [0.5, 0.6) is 0 Å². The van der Waals surface area contributed by atoms with E-state index in [1.807, 2.05) is 6.92 Å². The lowest BCUT2D eigenvalue weighted by molar-refractivity contribution is 0.318. The molecule has 0 heterocycles. The maximum absolute atomic E-state index is 10.7. The van der Waals surface area contributed by atoms with Gasteiger partial charge in [0, 0.05) is 0 Å². The Morgan fingerprint density at radius 3 is 2.50 bits per heavy atom. The van der Waals surface area contributed by atoms with Crippen LogP contribution < -0.4 is 0 Å². The highest BCUT2D eigenvalue weighted by Gasteiger charge is 2.10. The topological polar surface area (TPSA) is 26.3 Å². The summed E-state index contributed by atoms with van der Waals surface area (Å²) < 4.78 is 15.7. The molecular weight excluding hydrogens is 147 g/mol. The van der Waals surface area contributed by atoms with Gasteiger partial charge in [0.1, 0.15) is 6.61 Å². The van der Waals surface area contributed by atoms with Gasteiger partial charge < -0.3 is 0 Å². The fraction of sp³-hybridized carbons (Fsp3) is 1.00. The molecule has 3 heteroatoms. The molecule has 0 N–H and O–H groups in total. The molecule has 0 saturated heterocycles. The summed E-state index contributed by atoms with van der Waals surface area (Å²) in [5, 5.41) is 0. The highest BCUT2D eigenvalue weighted by Crippen LogP contribution is 2.20. The summed E-state index contributed by atoms with van der Waals surface area (Å²) in [4.78, 5) is 0. The third-order valence-electron chi connectivity index (χ3n) is 1.24. The van der Waals surface area contributed by atoms with Gasteiger partial charge in [-0.25, -0.2) is 0 Å². The number of unbranched alkanes of at least 4 members (excludes halogenated alkanes) is 2. The Hall–Kier alpha value is 0.0600. The van der Waals surface area contributed by atoms with Crippen molar-refractivity contribution in [2.45, 2.75) is 33.1 Å². The van der Waals surface area contributed by atoms with Crippen LogP contribution in [0.1, 0.15) is 33.1 Å². The molecule has 0 saturated carbocycles. The normalized spacial score (nSPS) is 11.6. The zero-order valence-electron chi connectivity index (χ0n) is 6.80. The Bertz CT molecular complexity index is 93.6. The Labute approximate surface area is 63.8 Å². The van der Waals surface area contributed by atoms with Crippen molar-refractivity contribution in [3.63, 3.8) is 0 Å². The SMILES string of the molecule is CCCCCO[P+](=O)CC. The van der Waals surface area contributed by atoms with Crippen molar-refractivity contribution in [1.82, 2.24) is 0 Å². The first-order valence-corrected chi connectivity index (χ1v) is 5.25. The van der Waals surface area contributed by atoms with Gasteiger partial charge in [-0.1, -0.05) is 19.8 Å². The molecule has 0 spiro atoms. The largest absolute Gasteiger partial charge is 0.507 e. The van der Waals surface area contributed by atoms with Crippen molar-refractivity contribution < 1.29 is 9.09 Å². The molecule has 0 rings (SSSR count). The Morgan fingerprint density at radius 1 is 1.30 bits per heavy atom. The molecule has 2 nitrogen and oxygen atoms in total. The van der Waals surface area contributed by atoms with Crippen LogP contribution in [-0.4, -0.2) is 12.8 Å². The highest BCUT2D eigenvalue weighted by molar-refractivity contribution is 7.39. The molecule has 0 radical (unpaired) electrons. The van der Waals surface area contributed by atoms with E-state index in [0.29, 0.717) is 12.8 Å². The fourth-order valence-corrected chi connectivity index (χ4v) is 1.13. The van der Waals surface area contributed by atoms with E-state index >= 15 is 0 Å². The van der Waals surface area contributed by atoms with Gasteiger partial charge in [0.15, 0.2) is 6.16 Å². The van der Waals surface area contributed by atoms with Crippen molar-refractivity contribution in [3.8, 4) is 0 Å². The van der Waals surface area contributed by atoms with Crippen LogP contribution >= 0.6 is 8.03 Å². The first-order chi connectivity index (χ1) is 4.81. The summed E-state index contributed by atoms with van der Waals surface area (Å²) >= 11 is 0. The molecule has 10 heavy (non-hydrogen) atoms. The van der Waals surface area contributed by atoms with Crippen molar-refractivity contribution in [2.24, 2.45) is 0 Å². The second-order valence-corrected chi connectivity index (χ2v) is 3.75. The minimum Gasteiger partial charge on any atom is -0.146 e. The lowest BCUT2D eigenvalue weighted by Gasteiger charge is -1.89. The minimum atomic E-state index is -1.34. The van der Waals surface area contributed by atoms with E-state index in [1.54, 1.807) is 0 Å². The summed E-state index contributed by atoms with van der Waals surface area (Å²) in [6.45, 7) is 4.68. The van der Waals surface area contributed by atoms with Gasteiger partial charge >= 0.3 is 8.03 Å². The lowest BCUT2D eigenvalue weighted by atomic mass is 10.3. The van der Waals surface area contributed by atoms with Gasteiger partial charge in [-0.15, -0.1) is 4.52 Å². The van der Waals surface area contributed by atoms with Crippen LogP contribution in [0.2, 0.25) is 0 Å². The zero-order chi connectivity index (χ0) is 7.82. The van der Waals surface area contributed by atoms with Gasteiger partial charge in [-0.2, -0.15) is 0 Å². The summed E-state index contributed by atoms with van der Waals surface area (Å²) in [5.74, 6) is 0. The van der Waals surface area contributed by atoms with E-state index in [1.165, 1.54) is 12.8 Å². The van der Waals surface area contributed by atoms with Crippen LogP contribution in [0.25, 0.3) is 0 Å². The van der Waals surface area contributed by atoms with Gasteiger partial charge in [0.05, 0.1) is 0 Å². The maximum atomic E-state index is 10.7. The minimum absolute atomic E-state index is 0.640. The Kier molecular flexibility index (Phi) is 7.21. The molecule has 0 aromatic carbocycles. The quantitative estimate of drug-likeness (QED) is 0.444. The highest BCUT2D eigenvalue weighted by atomic mass is 31.1. The summed E-state index contributed by atoms with van der Waals surface area (Å²) in [6, 6.07) is 0. The summed E-state index contributed by atoms with van der Waals surface area (Å²) in [5.41, 5.74) is 0. The van der Waals surface area contributed by atoms with Crippen molar-refractivity contribution >= 4 is 8.03 Å². The molecule has 0 aromatic heterocycles. The van der Waals surface area contributed by atoms with E-state index in [-0.39, 0.29) is 0 Å². The van der Waals surface area contributed by atoms with Crippen molar-refractivity contribution in [1.29, 1.82) is 0 Å². The zero-order valence-corrected chi connectivity index (χ0v) is 7.69. The van der Waals surface area contributed by atoms with Gasteiger partial charge in [0.25, 0.3) is 0 Å².